The zero-order valence-electron chi connectivity index (χ0n) is 8.64. The van der Waals surface area contributed by atoms with Crippen molar-refractivity contribution in [1.29, 1.82) is 0 Å². The van der Waals surface area contributed by atoms with E-state index in [2.05, 4.69) is 6.58 Å². The Bertz CT molecular complexity index is 239. The fourth-order valence-corrected chi connectivity index (χ4v) is 0.471. The van der Waals surface area contributed by atoms with Crippen LogP contribution in [0.15, 0.2) is 12.2 Å². The molecule has 0 aliphatic carbocycles. The van der Waals surface area contributed by atoms with Gasteiger partial charge in [0.15, 0.2) is 0 Å². The Morgan fingerprint density at radius 3 is 2.08 bits per heavy atom. The van der Waals surface area contributed by atoms with Gasteiger partial charge < -0.3 is 4.74 Å². The first-order chi connectivity index (χ1) is 5.77. The van der Waals surface area contributed by atoms with Gasteiger partial charge in [0.25, 0.3) is 0 Å². The van der Waals surface area contributed by atoms with E-state index in [0.29, 0.717) is 5.57 Å². The second kappa shape index (κ2) is 4.21. The fourth-order valence-electron chi connectivity index (χ4n) is 0.471. The van der Waals surface area contributed by atoms with Crippen LogP contribution in [-0.2, 0) is 14.3 Å². The van der Waals surface area contributed by atoms with Gasteiger partial charge in [-0.05, 0) is 27.7 Å². The molecule has 0 aromatic heterocycles. The Kier molecular flexibility index (Phi) is 3.85. The summed E-state index contributed by atoms with van der Waals surface area (Å²) in [5.74, 6) is -0.448. The van der Waals surface area contributed by atoms with Gasteiger partial charge in [0.05, 0.1) is 5.41 Å². The largest absolute Gasteiger partial charge is 0.461 e. The highest BCUT2D eigenvalue weighted by atomic mass is 16.5. The number of carbonyl (C=O) groups excluding carboxylic acids is 2. The minimum atomic E-state index is -0.606. The molecule has 0 aromatic rings. The average molecular weight is 184 g/mol. The Hall–Kier alpha value is -1.12. The van der Waals surface area contributed by atoms with Crippen molar-refractivity contribution in [3.05, 3.63) is 12.2 Å². The number of carbonyl (C=O) groups is 2. The molecule has 0 fully saturated rings. The Morgan fingerprint density at radius 2 is 1.77 bits per heavy atom. The van der Waals surface area contributed by atoms with E-state index in [-0.39, 0.29) is 12.4 Å². The zero-order chi connectivity index (χ0) is 10.6. The van der Waals surface area contributed by atoms with Gasteiger partial charge in [0, 0.05) is 5.57 Å². The highest BCUT2D eigenvalue weighted by Gasteiger charge is 2.25. The first kappa shape index (κ1) is 11.9. The van der Waals surface area contributed by atoms with Crippen molar-refractivity contribution in [3.8, 4) is 0 Å². The molecule has 0 aliphatic rings. The van der Waals surface area contributed by atoms with Crippen LogP contribution in [0.2, 0.25) is 0 Å². The molecular weight excluding hydrogens is 168 g/mol. The predicted octanol–water partition coefficient (Wildman–Crippen LogP) is 1.72. The molecule has 0 atom stereocenters. The number of ketones is 1. The van der Waals surface area contributed by atoms with Gasteiger partial charge in [-0.1, -0.05) is 6.58 Å². The maximum Gasteiger partial charge on any atom is 0.333 e. The van der Waals surface area contributed by atoms with Crippen molar-refractivity contribution < 1.29 is 14.3 Å². The van der Waals surface area contributed by atoms with Gasteiger partial charge in [-0.2, -0.15) is 0 Å². The SMILES string of the molecule is C=C(C)C(=O)OCC(C)(C)C(C)=O. The lowest BCUT2D eigenvalue weighted by Gasteiger charge is -2.20. The Labute approximate surface area is 78.8 Å². The summed E-state index contributed by atoms with van der Waals surface area (Å²) < 4.78 is 4.87. The number of Topliss-reactive ketones (excluding diaryl/α,β-unsaturated/α-hetero) is 1. The van der Waals surface area contributed by atoms with Gasteiger partial charge in [-0.3, -0.25) is 4.79 Å². The molecule has 74 valence electrons. The van der Waals surface area contributed by atoms with E-state index in [1.807, 2.05) is 0 Å². The van der Waals surface area contributed by atoms with Crippen molar-refractivity contribution >= 4 is 11.8 Å². The van der Waals surface area contributed by atoms with Crippen LogP contribution < -0.4 is 0 Å². The lowest BCUT2D eigenvalue weighted by atomic mass is 9.90. The number of ether oxygens (including phenoxy) is 1. The van der Waals surface area contributed by atoms with E-state index >= 15 is 0 Å². The summed E-state index contributed by atoms with van der Waals surface area (Å²) in [6.07, 6.45) is 0. The van der Waals surface area contributed by atoms with Crippen molar-refractivity contribution in [3.63, 3.8) is 0 Å². The summed E-state index contributed by atoms with van der Waals surface area (Å²) in [6, 6.07) is 0. The summed E-state index contributed by atoms with van der Waals surface area (Å²) in [7, 11) is 0. The Morgan fingerprint density at radius 1 is 1.31 bits per heavy atom. The average Bonchev–Trinajstić information content (AvgIpc) is 1.99. The van der Waals surface area contributed by atoms with Gasteiger partial charge in [-0.15, -0.1) is 0 Å². The van der Waals surface area contributed by atoms with E-state index in [9.17, 15) is 9.59 Å². The summed E-state index contributed by atoms with van der Waals surface area (Å²) >= 11 is 0. The normalized spacial score (nSPS) is 10.8. The van der Waals surface area contributed by atoms with Gasteiger partial charge >= 0.3 is 5.97 Å². The standard InChI is InChI=1S/C10H16O3/c1-7(2)9(12)13-6-10(4,5)8(3)11/h1,6H2,2-5H3. The van der Waals surface area contributed by atoms with Crippen molar-refractivity contribution in [2.24, 2.45) is 5.41 Å². The predicted molar refractivity (Wildman–Crippen MR) is 50.2 cm³/mol. The molecule has 3 nitrogen and oxygen atoms in total. The fraction of sp³-hybridized carbons (Fsp3) is 0.600. The van der Waals surface area contributed by atoms with Crippen LogP contribution >= 0.6 is 0 Å². The summed E-state index contributed by atoms with van der Waals surface area (Å²) in [6.45, 7) is 10.1. The maximum atomic E-state index is 11.0. The molecule has 0 spiro atoms. The highest BCUT2D eigenvalue weighted by molar-refractivity contribution is 5.87. The summed E-state index contributed by atoms with van der Waals surface area (Å²) in [5.41, 5.74) is -0.259. The van der Waals surface area contributed by atoms with Crippen molar-refractivity contribution in [2.45, 2.75) is 27.7 Å². The van der Waals surface area contributed by atoms with Crippen LogP contribution in [0.5, 0.6) is 0 Å². The third-order valence-corrected chi connectivity index (χ3v) is 1.87. The topological polar surface area (TPSA) is 43.4 Å². The third-order valence-electron chi connectivity index (χ3n) is 1.87. The molecule has 0 saturated heterocycles. The maximum absolute atomic E-state index is 11.0. The quantitative estimate of drug-likeness (QED) is 0.493. The molecule has 13 heavy (non-hydrogen) atoms. The Balaban J connectivity index is 4.10. The zero-order valence-corrected chi connectivity index (χ0v) is 8.64. The second-order valence-electron chi connectivity index (χ2n) is 3.80. The second-order valence-corrected chi connectivity index (χ2v) is 3.80. The van der Waals surface area contributed by atoms with E-state index in [1.165, 1.54) is 6.92 Å². The molecule has 0 bridgehead atoms. The molecular formula is C10H16O3. The van der Waals surface area contributed by atoms with Crippen LogP contribution in [0.1, 0.15) is 27.7 Å². The van der Waals surface area contributed by atoms with E-state index in [4.69, 9.17) is 4.74 Å². The monoisotopic (exact) mass is 184 g/mol. The summed E-state index contributed by atoms with van der Waals surface area (Å²) in [4.78, 5) is 22.0. The molecule has 0 N–H and O–H groups in total. The smallest absolute Gasteiger partial charge is 0.333 e. The van der Waals surface area contributed by atoms with Crippen LogP contribution in [0, 0.1) is 5.41 Å². The minimum Gasteiger partial charge on any atom is -0.461 e. The molecule has 0 amide bonds. The summed E-state index contributed by atoms with van der Waals surface area (Å²) in [5, 5.41) is 0. The molecule has 0 aliphatic heterocycles. The van der Waals surface area contributed by atoms with E-state index < -0.39 is 11.4 Å². The first-order valence-electron chi connectivity index (χ1n) is 4.11. The number of esters is 1. The molecule has 0 unspecified atom stereocenters. The number of hydrogen-bond acceptors (Lipinski definition) is 3. The van der Waals surface area contributed by atoms with Crippen LogP contribution in [0.25, 0.3) is 0 Å². The lowest BCUT2D eigenvalue weighted by molar-refractivity contribution is -0.144. The van der Waals surface area contributed by atoms with Crippen LogP contribution in [-0.4, -0.2) is 18.4 Å². The van der Waals surface area contributed by atoms with Gasteiger partial charge in [-0.25, -0.2) is 4.79 Å². The number of rotatable bonds is 4. The van der Waals surface area contributed by atoms with Crippen LogP contribution in [0.3, 0.4) is 0 Å². The molecule has 3 heteroatoms. The number of hydrogen-bond donors (Lipinski definition) is 0. The minimum absolute atomic E-state index is 0.00187. The lowest BCUT2D eigenvalue weighted by Crippen LogP contribution is -2.29. The van der Waals surface area contributed by atoms with Gasteiger partial charge in [0.2, 0.25) is 0 Å². The molecule has 0 heterocycles. The molecule has 0 saturated carbocycles. The first-order valence-corrected chi connectivity index (χ1v) is 4.11. The van der Waals surface area contributed by atoms with Gasteiger partial charge in [0.1, 0.15) is 12.4 Å². The molecule has 0 radical (unpaired) electrons. The van der Waals surface area contributed by atoms with E-state index in [1.54, 1.807) is 20.8 Å². The third kappa shape index (κ3) is 3.87. The molecule has 0 aromatic carbocycles. The van der Waals surface area contributed by atoms with Crippen molar-refractivity contribution in [2.75, 3.05) is 6.61 Å². The van der Waals surface area contributed by atoms with Crippen molar-refractivity contribution in [1.82, 2.24) is 0 Å². The highest BCUT2D eigenvalue weighted by Crippen LogP contribution is 2.16. The van der Waals surface area contributed by atoms with E-state index in [0.717, 1.165) is 0 Å². The molecule has 0 rings (SSSR count). The van der Waals surface area contributed by atoms with Crippen LogP contribution in [0.4, 0.5) is 0 Å².